The van der Waals surface area contributed by atoms with Crippen molar-refractivity contribution in [1.29, 1.82) is 5.26 Å². The largest absolute Gasteiger partial charge is 0.360 e. The van der Waals surface area contributed by atoms with Crippen LogP contribution in [0.25, 0.3) is 0 Å². The summed E-state index contributed by atoms with van der Waals surface area (Å²) in [5.41, 5.74) is 11.8. The van der Waals surface area contributed by atoms with Gasteiger partial charge in [0, 0.05) is 30.3 Å². The number of hydrogen-bond donors (Lipinski definition) is 3. The van der Waals surface area contributed by atoms with E-state index < -0.39 is 0 Å². The molecule has 0 aliphatic carbocycles. The minimum atomic E-state index is -0.282. The summed E-state index contributed by atoms with van der Waals surface area (Å²) in [4.78, 5) is 6.46. The van der Waals surface area contributed by atoms with Gasteiger partial charge in [0.1, 0.15) is 5.82 Å². The van der Waals surface area contributed by atoms with Gasteiger partial charge in [-0.2, -0.15) is 5.26 Å². The minimum Gasteiger partial charge on any atom is -0.360 e. The van der Waals surface area contributed by atoms with Crippen molar-refractivity contribution in [2.75, 3.05) is 18.5 Å². The number of hydrazine groups is 1. The molecule has 1 aliphatic rings. The zero-order valence-corrected chi connectivity index (χ0v) is 13.0. The van der Waals surface area contributed by atoms with Crippen molar-refractivity contribution >= 4 is 21.7 Å². The Bertz CT molecular complexity index is 471. The Balaban J connectivity index is 1.78. The van der Waals surface area contributed by atoms with E-state index in [1.54, 1.807) is 6.20 Å². The second-order valence-corrected chi connectivity index (χ2v) is 5.89. The van der Waals surface area contributed by atoms with Crippen LogP contribution in [0.3, 0.4) is 0 Å². The number of halogens is 1. The van der Waals surface area contributed by atoms with Crippen molar-refractivity contribution < 1.29 is 0 Å². The first kappa shape index (κ1) is 15.2. The molecule has 20 heavy (non-hydrogen) atoms. The van der Waals surface area contributed by atoms with Crippen molar-refractivity contribution in [2.24, 2.45) is 11.7 Å². The Hall–Kier alpha value is -1.20. The van der Waals surface area contributed by atoms with Gasteiger partial charge in [0.15, 0.2) is 0 Å². The lowest BCUT2D eigenvalue weighted by Crippen LogP contribution is -2.38. The zero-order valence-electron chi connectivity index (χ0n) is 11.4. The molecule has 1 aromatic rings. The third-order valence-corrected chi connectivity index (χ3v) is 3.99. The highest BCUT2D eigenvalue weighted by Gasteiger charge is 2.32. The van der Waals surface area contributed by atoms with Gasteiger partial charge >= 0.3 is 0 Å². The van der Waals surface area contributed by atoms with E-state index >= 15 is 0 Å². The molecule has 0 spiro atoms. The smallest absolute Gasteiger partial charge is 0.128 e. The summed E-state index contributed by atoms with van der Waals surface area (Å²) < 4.78 is 0.974. The highest BCUT2D eigenvalue weighted by Crippen LogP contribution is 2.17. The fourth-order valence-corrected chi connectivity index (χ4v) is 2.55. The molecule has 3 unspecified atom stereocenters. The van der Waals surface area contributed by atoms with Crippen molar-refractivity contribution in [3.63, 3.8) is 0 Å². The number of pyridine rings is 1. The molecular formula is C13H19BrN6. The van der Waals surface area contributed by atoms with Gasteiger partial charge in [0.05, 0.1) is 18.2 Å². The standard InChI is InChI=1S/C13H19BrN6/c1-20(12-5-4-9(14)8-17-12)6-2-3-11-10(7-15)13(16)19-18-11/h4-5,8,10-11,13,18-19H,2-3,6,16H2,1H3. The number of rotatable bonds is 5. The fourth-order valence-electron chi connectivity index (χ4n) is 2.31. The first-order chi connectivity index (χ1) is 9.61. The number of nitriles is 1. The quantitative estimate of drug-likeness (QED) is 0.740. The predicted octanol–water partition coefficient (Wildman–Crippen LogP) is 0.961. The van der Waals surface area contributed by atoms with Crippen molar-refractivity contribution in [3.05, 3.63) is 22.8 Å². The Labute approximate surface area is 127 Å². The van der Waals surface area contributed by atoms with Crippen LogP contribution in [0.5, 0.6) is 0 Å². The Morgan fingerprint density at radius 2 is 2.30 bits per heavy atom. The molecule has 0 amide bonds. The van der Waals surface area contributed by atoms with Gasteiger partial charge in [-0.05, 0) is 40.9 Å². The molecule has 0 radical (unpaired) electrons. The number of anilines is 1. The van der Waals surface area contributed by atoms with E-state index in [4.69, 9.17) is 11.0 Å². The third-order valence-electron chi connectivity index (χ3n) is 3.52. The van der Waals surface area contributed by atoms with Crippen molar-refractivity contribution in [3.8, 4) is 6.07 Å². The van der Waals surface area contributed by atoms with Crippen LogP contribution in [0.4, 0.5) is 5.82 Å². The van der Waals surface area contributed by atoms with E-state index in [1.165, 1.54) is 0 Å². The summed E-state index contributed by atoms with van der Waals surface area (Å²) in [6.07, 6.45) is 3.38. The van der Waals surface area contributed by atoms with Gasteiger partial charge in [0.2, 0.25) is 0 Å². The molecule has 6 nitrogen and oxygen atoms in total. The maximum atomic E-state index is 9.08. The molecule has 4 N–H and O–H groups in total. The van der Waals surface area contributed by atoms with Crippen LogP contribution >= 0.6 is 15.9 Å². The number of nitrogens with one attached hydrogen (secondary N) is 2. The highest BCUT2D eigenvalue weighted by atomic mass is 79.9. The fraction of sp³-hybridized carbons (Fsp3) is 0.538. The van der Waals surface area contributed by atoms with Gasteiger partial charge in [-0.3, -0.25) is 5.43 Å². The molecule has 1 fully saturated rings. The Kier molecular flexibility index (Phi) is 5.31. The van der Waals surface area contributed by atoms with Crippen LogP contribution in [0.2, 0.25) is 0 Å². The van der Waals surface area contributed by atoms with E-state index in [1.807, 2.05) is 19.2 Å². The molecule has 3 atom stereocenters. The molecule has 0 aromatic carbocycles. The predicted molar refractivity (Wildman–Crippen MR) is 81.6 cm³/mol. The second kappa shape index (κ2) is 6.99. The van der Waals surface area contributed by atoms with E-state index in [2.05, 4.69) is 42.7 Å². The normalized spacial score (nSPS) is 25.4. The van der Waals surface area contributed by atoms with Crippen LogP contribution in [0.15, 0.2) is 22.8 Å². The van der Waals surface area contributed by atoms with Crippen LogP contribution in [0, 0.1) is 17.2 Å². The molecule has 0 saturated carbocycles. The maximum absolute atomic E-state index is 9.08. The average molecular weight is 339 g/mol. The van der Waals surface area contributed by atoms with E-state index in [0.29, 0.717) is 0 Å². The number of nitrogens with zero attached hydrogens (tertiary/aromatic N) is 3. The average Bonchev–Trinajstić information content (AvgIpc) is 2.80. The molecule has 108 valence electrons. The third kappa shape index (κ3) is 3.67. The molecule has 2 rings (SSSR count). The number of nitrogens with two attached hydrogens (primary N) is 1. The summed E-state index contributed by atoms with van der Waals surface area (Å²) in [7, 11) is 2.02. The summed E-state index contributed by atoms with van der Waals surface area (Å²) in [6, 6.07) is 6.33. The topological polar surface area (TPSA) is 90.0 Å². The highest BCUT2D eigenvalue weighted by molar-refractivity contribution is 9.10. The summed E-state index contributed by atoms with van der Waals surface area (Å²) >= 11 is 3.37. The van der Waals surface area contributed by atoms with E-state index in [-0.39, 0.29) is 18.1 Å². The van der Waals surface area contributed by atoms with E-state index in [9.17, 15) is 0 Å². The van der Waals surface area contributed by atoms with Crippen molar-refractivity contribution in [1.82, 2.24) is 15.8 Å². The van der Waals surface area contributed by atoms with Gasteiger partial charge < -0.3 is 10.6 Å². The van der Waals surface area contributed by atoms with Gasteiger partial charge in [0.25, 0.3) is 0 Å². The maximum Gasteiger partial charge on any atom is 0.128 e. The Morgan fingerprint density at radius 3 is 2.95 bits per heavy atom. The van der Waals surface area contributed by atoms with Gasteiger partial charge in [-0.25, -0.2) is 10.4 Å². The number of hydrogen-bond acceptors (Lipinski definition) is 6. The molecular weight excluding hydrogens is 320 g/mol. The van der Waals surface area contributed by atoms with Gasteiger partial charge in [-0.15, -0.1) is 0 Å². The summed E-state index contributed by atoms with van der Waals surface area (Å²) in [6.45, 7) is 0.889. The molecule has 1 saturated heterocycles. The molecule has 2 heterocycles. The Morgan fingerprint density at radius 1 is 1.50 bits per heavy atom. The SMILES string of the molecule is CN(CCCC1NNC(N)C1C#N)c1ccc(Br)cn1. The summed E-state index contributed by atoms with van der Waals surface area (Å²) in [5, 5.41) is 9.08. The van der Waals surface area contributed by atoms with E-state index in [0.717, 1.165) is 29.7 Å². The first-order valence-corrected chi connectivity index (χ1v) is 7.40. The summed E-state index contributed by atoms with van der Waals surface area (Å²) in [5.74, 6) is 0.769. The van der Waals surface area contributed by atoms with Crippen LogP contribution < -0.4 is 21.5 Å². The zero-order chi connectivity index (χ0) is 14.5. The second-order valence-electron chi connectivity index (χ2n) is 4.97. The lowest BCUT2D eigenvalue weighted by atomic mass is 9.97. The molecule has 1 aliphatic heterocycles. The lowest BCUT2D eigenvalue weighted by Gasteiger charge is -2.20. The van der Waals surface area contributed by atoms with Crippen LogP contribution in [-0.4, -0.2) is 30.8 Å². The molecule has 1 aromatic heterocycles. The van der Waals surface area contributed by atoms with Crippen LogP contribution in [0.1, 0.15) is 12.8 Å². The number of aromatic nitrogens is 1. The monoisotopic (exact) mass is 338 g/mol. The van der Waals surface area contributed by atoms with Gasteiger partial charge in [-0.1, -0.05) is 0 Å². The molecule has 0 bridgehead atoms. The first-order valence-electron chi connectivity index (χ1n) is 6.61. The minimum absolute atomic E-state index is 0.112. The lowest BCUT2D eigenvalue weighted by molar-refractivity contribution is 0.463. The van der Waals surface area contributed by atoms with Crippen molar-refractivity contribution in [2.45, 2.75) is 25.0 Å². The van der Waals surface area contributed by atoms with Crippen LogP contribution in [-0.2, 0) is 0 Å². The molecule has 7 heteroatoms.